The van der Waals surface area contributed by atoms with E-state index in [1.807, 2.05) is 0 Å². The number of anilines is 2. The van der Waals surface area contributed by atoms with Crippen LogP contribution in [0.3, 0.4) is 0 Å². The minimum atomic E-state index is -6.65. The summed E-state index contributed by atoms with van der Waals surface area (Å²) in [7, 11) is -4.01. The summed E-state index contributed by atoms with van der Waals surface area (Å²) in [5, 5.41) is 1.24. The molecular weight excluding hydrogens is 445 g/mol. The first kappa shape index (κ1) is 23.4. The third-order valence-electron chi connectivity index (χ3n) is 3.76. The van der Waals surface area contributed by atoms with E-state index in [2.05, 4.69) is 4.72 Å². The summed E-state index contributed by atoms with van der Waals surface area (Å²) < 4.78 is 115. The molecule has 0 aromatic heterocycles. The fraction of sp³-hybridized carbons (Fsp3) is 0.235. The highest BCUT2D eigenvalue weighted by Crippen LogP contribution is 2.46. The van der Waals surface area contributed by atoms with Crippen LogP contribution in [0.4, 0.5) is 42.1 Å². The van der Waals surface area contributed by atoms with E-state index in [-0.39, 0.29) is 10.6 Å². The zero-order chi connectivity index (χ0) is 23.0. The Bertz CT molecular complexity index is 1020. The molecular formula is C17H13F7N2O3S. The second kappa shape index (κ2) is 7.78. The summed E-state index contributed by atoms with van der Waals surface area (Å²) in [4.78, 5) is 11.2. The van der Waals surface area contributed by atoms with Crippen LogP contribution in [0.2, 0.25) is 0 Å². The van der Waals surface area contributed by atoms with Gasteiger partial charge in [0, 0.05) is 11.4 Å². The molecule has 0 saturated heterocycles. The van der Waals surface area contributed by atoms with Crippen molar-refractivity contribution in [3.63, 3.8) is 0 Å². The summed E-state index contributed by atoms with van der Waals surface area (Å²) in [5.74, 6) is -15.5. The fourth-order valence-corrected chi connectivity index (χ4v) is 3.14. The van der Waals surface area contributed by atoms with Crippen molar-refractivity contribution in [1.82, 2.24) is 0 Å². The molecule has 2 N–H and O–H groups in total. The van der Waals surface area contributed by atoms with Crippen molar-refractivity contribution in [3.05, 3.63) is 54.1 Å². The van der Waals surface area contributed by atoms with E-state index in [1.165, 1.54) is 17.4 Å². The number of carbonyl (C=O) groups is 1. The van der Waals surface area contributed by atoms with E-state index in [0.29, 0.717) is 0 Å². The minimum absolute atomic E-state index is 0.0824. The molecule has 0 aliphatic heterocycles. The highest BCUT2D eigenvalue weighted by atomic mass is 32.2. The number of nitrogens with one attached hydrogen (secondary N) is 2. The third-order valence-corrected chi connectivity index (χ3v) is 5.16. The molecule has 0 aliphatic rings. The van der Waals surface area contributed by atoms with Crippen LogP contribution >= 0.6 is 0 Å². The van der Waals surface area contributed by atoms with Crippen LogP contribution in [-0.2, 0) is 14.8 Å². The smallest absolute Gasteiger partial charge is 0.321 e. The Morgan fingerprint density at radius 2 is 1.27 bits per heavy atom. The molecule has 0 atom stereocenters. The van der Waals surface area contributed by atoms with Gasteiger partial charge in [0.15, 0.2) is 0 Å². The van der Waals surface area contributed by atoms with Crippen LogP contribution < -0.4 is 10.0 Å². The van der Waals surface area contributed by atoms with Crippen molar-refractivity contribution in [3.8, 4) is 0 Å². The van der Waals surface area contributed by atoms with Crippen LogP contribution in [-0.4, -0.2) is 32.3 Å². The average Bonchev–Trinajstić information content (AvgIpc) is 2.62. The second-order valence-electron chi connectivity index (χ2n) is 6.10. The quantitative estimate of drug-likeness (QED) is 0.623. The molecule has 5 nitrogen and oxygen atoms in total. The molecule has 2 rings (SSSR count). The minimum Gasteiger partial charge on any atom is -0.321 e. The Balaban J connectivity index is 2.14. The van der Waals surface area contributed by atoms with Crippen LogP contribution in [0.15, 0.2) is 53.4 Å². The highest BCUT2D eigenvalue weighted by Gasteiger charge is 2.76. The Morgan fingerprint density at radius 1 is 0.800 bits per heavy atom. The number of sulfonamides is 1. The number of hydrogen-bond donors (Lipinski definition) is 2. The van der Waals surface area contributed by atoms with Crippen LogP contribution in [0, 0.1) is 6.92 Å². The highest BCUT2D eigenvalue weighted by molar-refractivity contribution is 7.92. The topological polar surface area (TPSA) is 75.3 Å². The largest absolute Gasteiger partial charge is 0.460 e. The molecule has 0 heterocycles. The van der Waals surface area contributed by atoms with Crippen molar-refractivity contribution >= 4 is 27.3 Å². The van der Waals surface area contributed by atoms with Gasteiger partial charge >= 0.3 is 23.9 Å². The molecule has 30 heavy (non-hydrogen) atoms. The molecule has 0 spiro atoms. The lowest BCUT2D eigenvalue weighted by Crippen LogP contribution is -2.57. The molecule has 2 aromatic rings. The Morgan fingerprint density at radius 3 is 1.73 bits per heavy atom. The van der Waals surface area contributed by atoms with Gasteiger partial charge in [0.05, 0.1) is 4.90 Å². The molecule has 0 fully saturated rings. The van der Waals surface area contributed by atoms with Gasteiger partial charge in [-0.1, -0.05) is 17.7 Å². The van der Waals surface area contributed by atoms with Gasteiger partial charge in [-0.25, -0.2) is 8.42 Å². The van der Waals surface area contributed by atoms with Gasteiger partial charge in [-0.2, -0.15) is 30.7 Å². The average molecular weight is 458 g/mol. The lowest BCUT2D eigenvalue weighted by Gasteiger charge is -2.27. The van der Waals surface area contributed by atoms with Gasteiger partial charge in [0.2, 0.25) is 0 Å². The standard InChI is InChI=1S/C17H13F7N2O3S/c1-10-2-8-13(9-3-10)30(28,29)26-12-6-4-11(5-7-12)25-14(27)15(18,19)16(20,21)17(22,23)24/h2-9,26H,1H3,(H,25,27). The van der Waals surface area contributed by atoms with Gasteiger partial charge in [-0.15, -0.1) is 0 Å². The van der Waals surface area contributed by atoms with Gasteiger partial charge in [0.25, 0.3) is 10.0 Å². The molecule has 13 heteroatoms. The maximum Gasteiger partial charge on any atom is 0.460 e. The number of hydrogen-bond acceptors (Lipinski definition) is 3. The SMILES string of the molecule is Cc1ccc(S(=O)(=O)Nc2ccc(NC(=O)C(F)(F)C(F)(F)C(F)(F)F)cc2)cc1. The summed E-state index contributed by atoms with van der Waals surface area (Å²) in [6.07, 6.45) is -6.65. The van der Waals surface area contributed by atoms with Crippen molar-refractivity contribution in [2.75, 3.05) is 10.0 Å². The zero-order valence-corrected chi connectivity index (χ0v) is 15.7. The van der Waals surface area contributed by atoms with E-state index in [4.69, 9.17) is 0 Å². The Kier molecular flexibility index (Phi) is 6.08. The first-order valence-electron chi connectivity index (χ1n) is 7.91. The number of benzene rings is 2. The molecule has 2 aromatic carbocycles. The van der Waals surface area contributed by atoms with E-state index in [1.54, 1.807) is 19.1 Å². The van der Waals surface area contributed by atoms with Gasteiger partial charge in [-0.05, 0) is 43.3 Å². The molecule has 0 saturated carbocycles. The maximum absolute atomic E-state index is 13.3. The lowest BCUT2D eigenvalue weighted by atomic mass is 10.1. The van der Waals surface area contributed by atoms with Gasteiger partial charge in [-0.3, -0.25) is 9.52 Å². The predicted molar refractivity (Wildman–Crippen MR) is 93.0 cm³/mol. The molecule has 0 unspecified atom stereocenters. The van der Waals surface area contributed by atoms with E-state index in [9.17, 15) is 43.9 Å². The predicted octanol–water partition coefficient (Wildman–Crippen LogP) is 4.57. The Labute approximate surface area is 165 Å². The molecule has 0 aliphatic carbocycles. The second-order valence-corrected chi connectivity index (χ2v) is 7.78. The first-order valence-corrected chi connectivity index (χ1v) is 9.39. The van der Waals surface area contributed by atoms with E-state index >= 15 is 0 Å². The maximum atomic E-state index is 13.3. The lowest BCUT2D eigenvalue weighted by molar-refractivity contribution is -0.343. The number of aryl methyl sites for hydroxylation is 1. The van der Waals surface area contributed by atoms with Crippen LogP contribution in [0.5, 0.6) is 0 Å². The van der Waals surface area contributed by atoms with Crippen molar-refractivity contribution in [2.24, 2.45) is 0 Å². The third kappa shape index (κ3) is 4.66. The molecule has 164 valence electrons. The van der Waals surface area contributed by atoms with Gasteiger partial charge < -0.3 is 5.32 Å². The monoisotopic (exact) mass is 458 g/mol. The fourth-order valence-electron chi connectivity index (χ4n) is 2.08. The number of carbonyl (C=O) groups excluding carboxylic acids is 1. The van der Waals surface area contributed by atoms with Gasteiger partial charge in [0.1, 0.15) is 0 Å². The summed E-state index contributed by atoms with van der Waals surface area (Å²) >= 11 is 0. The van der Waals surface area contributed by atoms with Crippen molar-refractivity contribution < 1.29 is 43.9 Å². The summed E-state index contributed by atoms with van der Waals surface area (Å²) in [6, 6.07) is 9.40. The van der Waals surface area contributed by atoms with E-state index in [0.717, 1.165) is 29.8 Å². The number of alkyl halides is 7. The molecule has 0 radical (unpaired) electrons. The summed E-state index contributed by atoms with van der Waals surface area (Å²) in [5.41, 5.74) is 0.166. The first-order chi connectivity index (χ1) is 13.6. The molecule has 0 bridgehead atoms. The zero-order valence-electron chi connectivity index (χ0n) is 14.9. The summed E-state index contributed by atoms with van der Waals surface area (Å²) in [6.45, 7) is 1.74. The normalized spacial score (nSPS) is 13.1. The van der Waals surface area contributed by atoms with E-state index < -0.39 is 39.6 Å². The Hall–Kier alpha value is -2.83. The number of halogens is 7. The van der Waals surface area contributed by atoms with Crippen LogP contribution in [0.1, 0.15) is 5.56 Å². The van der Waals surface area contributed by atoms with Crippen LogP contribution in [0.25, 0.3) is 0 Å². The number of rotatable bonds is 6. The van der Waals surface area contributed by atoms with Crippen molar-refractivity contribution in [2.45, 2.75) is 29.8 Å². The number of amides is 1. The molecule has 1 amide bonds. The van der Waals surface area contributed by atoms with Crippen molar-refractivity contribution in [1.29, 1.82) is 0 Å².